The number of hydrogen-bond acceptors (Lipinski definition) is 2. The third-order valence-corrected chi connectivity index (χ3v) is 4.56. The molecule has 0 bridgehead atoms. The van der Waals surface area contributed by atoms with Crippen LogP contribution in [0.15, 0.2) is 71.6 Å². The number of pyridine rings is 2. The maximum absolute atomic E-state index is 4.31. The zero-order chi connectivity index (χ0) is 16.2. The van der Waals surface area contributed by atoms with Gasteiger partial charge in [0.1, 0.15) is 0 Å². The summed E-state index contributed by atoms with van der Waals surface area (Å²) in [4.78, 5) is 8.37. The second-order valence-electron chi connectivity index (χ2n) is 5.40. The van der Waals surface area contributed by atoms with Crippen molar-refractivity contribution in [2.45, 2.75) is 13.8 Å². The minimum Gasteiger partial charge on any atom is -0.263 e. The van der Waals surface area contributed by atoms with Gasteiger partial charge in [-0.3, -0.25) is 9.97 Å². The average Bonchev–Trinajstić information content (AvgIpc) is 2.60. The topological polar surface area (TPSA) is 25.8 Å². The molecule has 0 fully saturated rings. The van der Waals surface area contributed by atoms with Crippen molar-refractivity contribution in [3.8, 4) is 0 Å². The molecule has 4 rings (SSSR count). The number of nitrogens with zero attached hydrogens (tertiary/aromatic N) is 2. The van der Waals surface area contributed by atoms with Gasteiger partial charge in [-0.15, -0.1) is 0 Å². The van der Waals surface area contributed by atoms with Crippen LogP contribution in [0.1, 0.15) is 11.3 Å². The van der Waals surface area contributed by atoms with E-state index >= 15 is 0 Å². The molecule has 2 heterocycles. The maximum atomic E-state index is 4.31. The largest absolute Gasteiger partial charge is 0.263 e. The average molecular weight is 365 g/mol. The second-order valence-corrected chi connectivity index (χ2v) is 6.25. The predicted octanol–water partition coefficient (Wildman–Crippen LogP) is 5.85. The number of halogens is 1. The first kappa shape index (κ1) is 15.6. The summed E-state index contributed by atoms with van der Waals surface area (Å²) < 4.78 is 1.05. The molecule has 0 spiro atoms. The van der Waals surface area contributed by atoms with Gasteiger partial charge < -0.3 is 0 Å². The molecule has 2 aromatic carbocycles. The van der Waals surface area contributed by atoms with E-state index in [-0.39, 0.29) is 0 Å². The molecule has 3 heteroatoms. The van der Waals surface area contributed by atoms with Crippen molar-refractivity contribution in [3.63, 3.8) is 0 Å². The predicted molar refractivity (Wildman–Crippen MR) is 101 cm³/mol. The summed E-state index contributed by atoms with van der Waals surface area (Å²) in [6, 6.07) is 16.5. The molecule has 0 aliphatic heterocycles. The molecular formula is C20H17BrN2. The van der Waals surface area contributed by atoms with Gasteiger partial charge in [-0.05, 0) is 46.1 Å². The van der Waals surface area contributed by atoms with Crippen LogP contribution in [-0.4, -0.2) is 9.97 Å². The van der Waals surface area contributed by atoms with Gasteiger partial charge in [-0.1, -0.05) is 48.5 Å². The molecule has 0 unspecified atom stereocenters. The van der Waals surface area contributed by atoms with Crippen molar-refractivity contribution in [2.24, 2.45) is 0 Å². The summed E-state index contributed by atoms with van der Waals surface area (Å²) in [5.74, 6) is 0. The third kappa shape index (κ3) is 3.40. The van der Waals surface area contributed by atoms with Crippen molar-refractivity contribution in [3.05, 3.63) is 82.9 Å². The Kier molecular flexibility index (Phi) is 4.68. The van der Waals surface area contributed by atoms with Gasteiger partial charge >= 0.3 is 0 Å². The van der Waals surface area contributed by atoms with Gasteiger partial charge in [-0.2, -0.15) is 0 Å². The first-order valence-electron chi connectivity index (χ1n) is 7.46. The molecule has 4 aromatic rings. The Hall–Kier alpha value is -2.26. The number of hydrogen-bond donors (Lipinski definition) is 0. The highest BCUT2D eigenvalue weighted by atomic mass is 79.9. The summed E-state index contributed by atoms with van der Waals surface area (Å²) >= 11 is 3.43. The van der Waals surface area contributed by atoms with E-state index in [0.717, 1.165) is 10.2 Å². The number of aromatic nitrogens is 2. The number of benzene rings is 2. The van der Waals surface area contributed by atoms with E-state index in [1.54, 1.807) is 0 Å². The Morgan fingerprint density at radius 3 is 2.04 bits per heavy atom. The zero-order valence-corrected chi connectivity index (χ0v) is 14.7. The smallest absolute Gasteiger partial charge is 0.0437 e. The van der Waals surface area contributed by atoms with Gasteiger partial charge in [0.15, 0.2) is 0 Å². The lowest BCUT2D eigenvalue weighted by molar-refractivity contribution is 1.18. The summed E-state index contributed by atoms with van der Waals surface area (Å²) in [7, 11) is 0. The van der Waals surface area contributed by atoms with E-state index in [1.807, 2.05) is 49.8 Å². The fourth-order valence-corrected chi connectivity index (χ4v) is 2.97. The van der Waals surface area contributed by atoms with Crippen LogP contribution in [0.2, 0.25) is 0 Å². The number of rotatable bonds is 0. The minimum atomic E-state index is 1.05. The Balaban J connectivity index is 0.000000136. The molecule has 0 N–H and O–H groups in total. The van der Waals surface area contributed by atoms with E-state index in [0.29, 0.717) is 0 Å². The van der Waals surface area contributed by atoms with Crippen LogP contribution in [0.25, 0.3) is 21.5 Å². The molecule has 2 aromatic heterocycles. The molecule has 0 atom stereocenters. The Labute approximate surface area is 144 Å². The molecule has 0 aliphatic rings. The third-order valence-electron chi connectivity index (χ3n) is 3.92. The Morgan fingerprint density at radius 2 is 1.35 bits per heavy atom. The molecule has 114 valence electrons. The lowest BCUT2D eigenvalue weighted by atomic mass is 10.1. The van der Waals surface area contributed by atoms with Crippen LogP contribution in [0.5, 0.6) is 0 Å². The highest BCUT2D eigenvalue weighted by Crippen LogP contribution is 2.21. The monoisotopic (exact) mass is 364 g/mol. The van der Waals surface area contributed by atoms with Gasteiger partial charge in [-0.25, -0.2) is 0 Å². The lowest BCUT2D eigenvalue weighted by Gasteiger charge is -2.03. The Morgan fingerprint density at radius 1 is 0.739 bits per heavy atom. The fourth-order valence-electron chi connectivity index (χ4n) is 2.49. The first-order valence-corrected chi connectivity index (χ1v) is 8.25. The van der Waals surface area contributed by atoms with E-state index in [4.69, 9.17) is 0 Å². The molecule has 23 heavy (non-hydrogen) atoms. The van der Waals surface area contributed by atoms with Crippen molar-refractivity contribution in [1.29, 1.82) is 0 Å². The maximum Gasteiger partial charge on any atom is 0.0437 e. The fraction of sp³-hybridized carbons (Fsp3) is 0.100. The summed E-state index contributed by atoms with van der Waals surface area (Å²) in [6.07, 6.45) is 5.60. The van der Waals surface area contributed by atoms with Crippen molar-refractivity contribution >= 4 is 37.5 Å². The van der Waals surface area contributed by atoms with Crippen molar-refractivity contribution in [2.75, 3.05) is 0 Å². The molecular weight excluding hydrogens is 348 g/mol. The van der Waals surface area contributed by atoms with Crippen LogP contribution in [0.3, 0.4) is 0 Å². The number of fused-ring (bicyclic) bond motifs is 2. The highest BCUT2D eigenvalue weighted by molar-refractivity contribution is 9.10. The van der Waals surface area contributed by atoms with Crippen molar-refractivity contribution in [1.82, 2.24) is 9.97 Å². The minimum absolute atomic E-state index is 1.05. The normalized spacial score (nSPS) is 10.4. The van der Waals surface area contributed by atoms with Gasteiger partial charge in [0.05, 0.1) is 0 Å². The molecule has 2 nitrogen and oxygen atoms in total. The summed E-state index contributed by atoms with van der Waals surface area (Å²) in [5, 5.41) is 4.91. The first-order chi connectivity index (χ1) is 11.2. The SMILES string of the molecule is Brc1cncc2ccccc12.Cc1ncc2ccccc2c1C. The molecule has 0 saturated carbocycles. The quantitative estimate of drug-likeness (QED) is 0.391. The van der Waals surface area contributed by atoms with Crippen LogP contribution in [0.4, 0.5) is 0 Å². The van der Waals surface area contributed by atoms with E-state index in [2.05, 4.69) is 57.1 Å². The van der Waals surface area contributed by atoms with Crippen LogP contribution in [0, 0.1) is 13.8 Å². The molecule has 0 saturated heterocycles. The molecule has 0 aliphatic carbocycles. The van der Waals surface area contributed by atoms with E-state index in [9.17, 15) is 0 Å². The van der Waals surface area contributed by atoms with Gasteiger partial charge in [0.2, 0.25) is 0 Å². The van der Waals surface area contributed by atoms with Crippen LogP contribution >= 0.6 is 15.9 Å². The van der Waals surface area contributed by atoms with Crippen LogP contribution in [-0.2, 0) is 0 Å². The molecule has 0 amide bonds. The zero-order valence-electron chi connectivity index (χ0n) is 13.1. The van der Waals surface area contributed by atoms with Crippen molar-refractivity contribution < 1.29 is 0 Å². The summed E-state index contributed by atoms with van der Waals surface area (Å²) in [6.45, 7) is 4.16. The van der Waals surface area contributed by atoms with Gasteiger partial charge in [0, 0.05) is 39.5 Å². The second kappa shape index (κ2) is 6.88. The van der Waals surface area contributed by atoms with E-state index in [1.165, 1.54) is 27.1 Å². The highest BCUT2D eigenvalue weighted by Gasteiger charge is 1.98. The van der Waals surface area contributed by atoms with Crippen LogP contribution < -0.4 is 0 Å². The standard InChI is InChI=1S/C11H11N.C9H6BrN/c1-8-9(2)12-7-10-5-3-4-6-11(8)10;10-9-6-11-5-7-3-1-2-4-8(7)9/h3-7H,1-2H3;1-6H. The summed E-state index contributed by atoms with van der Waals surface area (Å²) in [5.41, 5.74) is 2.40. The van der Waals surface area contributed by atoms with E-state index < -0.39 is 0 Å². The Bertz CT molecular complexity index is 958. The molecule has 0 radical (unpaired) electrons. The lowest BCUT2D eigenvalue weighted by Crippen LogP contribution is -1.87. The van der Waals surface area contributed by atoms with Gasteiger partial charge in [0.25, 0.3) is 0 Å². The number of aryl methyl sites for hydroxylation is 2.